The molecule has 0 saturated heterocycles. The summed E-state index contributed by atoms with van der Waals surface area (Å²) in [6, 6.07) is 15.0. The van der Waals surface area contributed by atoms with Crippen molar-refractivity contribution < 1.29 is 0 Å². The van der Waals surface area contributed by atoms with Crippen LogP contribution in [0.5, 0.6) is 0 Å². The normalized spacial score (nSPS) is 10.7. The SMILES string of the molecule is Cc1ccc(-n2nnnc2C=CNc2cc(Cl)ccc2C#N)cc1. The fourth-order valence-electron chi connectivity index (χ4n) is 2.11. The molecule has 7 heteroatoms. The van der Waals surface area contributed by atoms with Gasteiger partial charge in [-0.3, -0.25) is 0 Å². The highest BCUT2D eigenvalue weighted by Gasteiger charge is 2.05. The number of halogens is 1. The Kier molecular flexibility index (Phi) is 4.54. The Labute approximate surface area is 144 Å². The number of nitrogens with one attached hydrogen (secondary N) is 1. The molecule has 0 unspecified atom stereocenters. The van der Waals surface area contributed by atoms with Crippen molar-refractivity contribution in [3.63, 3.8) is 0 Å². The molecule has 0 fully saturated rings. The van der Waals surface area contributed by atoms with Gasteiger partial charge in [-0.25, -0.2) is 0 Å². The van der Waals surface area contributed by atoms with E-state index >= 15 is 0 Å². The van der Waals surface area contributed by atoms with Gasteiger partial charge in [0.05, 0.1) is 16.9 Å². The van der Waals surface area contributed by atoms with Gasteiger partial charge in [0.15, 0.2) is 5.82 Å². The Morgan fingerprint density at radius 3 is 2.75 bits per heavy atom. The van der Waals surface area contributed by atoms with Crippen LogP contribution in [0.2, 0.25) is 5.02 Å². The number of benzene rings is 2. The number of aromatic nitrogens is 4. The van der Waals surface area contributed by atoms with Crippen molar-refractivity contribution in [3.8, 4) is 11.8 Å². The Morgan fingerprint density at radius 1 is 1.21 bits per heavy atom. The van der Waals surface area contributed by atoms with E-state index in [1.165, 1.54) is 0 Å². The molecule has 2 aromatic carbocycles. The van der Waals surface area contributed by atoms with Crippen LogP contribution < -0.4 is 5.32 Å². The van der Waals surface area contributed by atoms with Crippen LogP contribution in [-0.2, 0) is 0 Å². The summed E-state index contributed by atoms with van der Waals surface area (Å²) in [6.45, 7) is 2.02. The third-order valence-electron chi connectivity index (χ3n) is 3.35. The Balaban J connectivity index is 1.82. The molecule has 0 bridgehead atoms. The molecule has 0 amide bonds. The average molecular weight is 337 g/mol. The maximum Gasteiger partial charge on any atom is 0.181 e. The van der Waals surface area contributed by atoms with Gasteiger partial charge in [0.2, 0.25) is 0 Å². The van der Waals surface area contributed by atoms with Crippen LogP contribution >= 0.6 is 11.6 Å². The van der Waals surface area contributed by atoms with E-state index in [1.54, 1.807) is 35.2 Å². The third kappa shape index (κ3) is 3.42. The number of nitrogens with zero attached hydrogens (tertiary/aromatic N) is 5. The van der Waals surface area contributed by atoms with Crippen LogP contribution in [0.1, 0.15) is 17.0 Å². The number of hydrogen-bond donors (Lipinski definition) is 1. The van der Waals surface area contributed by atoms with E-state index in [0.717, 1.165) is 11.3 Å². The average Bonchev–Trinajstić information content (AvgIpc) is 3.04. The third-order valence-corrected chi connectivity index (χ3v) is 3.58. The van der Waals surface area contributed by atoms with Crippen molar-refractivity contribution in [3.05, 3.63) is 70.6 Å². The Hall–Kier alpha value is -3.17. The van der Waals surface area contributed by atoms with Crippen LogP contribution in [0.4, 0.5) is 5.69 Å². The second-order valence-corrected chi connectivity index (χ2v) is 5.50. The van der Waals surface area contributed by atoms with Crippen molar-refractivity contribution in [1.82, 2.24) is 20.2 Å². The zero-order valence-electron chi connectivity index (χ0n) is 12.8. The van der Waals surface area contributed by atoms with Gasteiger partial charge in [0.25, 0.3) is 0 Å². The number of rotatable bonds is 4. The second-order valence-electron chi connectivity index (χ2n) is 5.06. The quantitative estimate of drug-likeness (QED) is 0.787. The molecule has 0 saturated carbocycles. The minimum Gasteiger partial charge on any atom is -0.360 e. The van der Waals surface area contributed by atoms with E-state index in [9.17, 15) is 0 Å². The fourth-order valence-corrected chi connectivity index (χ4v) is 2.28. The zero-order chi connectivity index (χ0) is 16.9. The van der Waals surface area contributed by atoms with Crippen LogP contribution in [-0.4, -0.2) is 20.2 Å². The molecule has 3 rings (SSSR count). The number of aryl methyl sites for hydroxylation is 1. The van der Waals surface area contributed by atoms with Gasteiger partial charge in [0.1, 0.15) is 6.07 Å². The molecule has 1 aromatic heterocycles. The largest absolute Gasteiger partial charge is 0.360 e. The number of tetrazole rings is 1. The predicted molar refractivity (Wildman–Crippen MR) is 92.7 cm³/mol. The smallest absolute Gasteiger partial charge is 0.181 e. The Bertz CT molecular complexity index is 921. The van der Waals surface area contributed by atoms with E-state index < -0.39 is 0 Å². The van der Waals surface area contributed by atoms with E-state index in [2.05, 4.69) is 26.9 Å². The fraction of sp³-hybridized carbons (Fsp3) is 0.0588. The summed E-state index contributed by atoms with van der Waals surface area (Å²) in [6.07, 6.45) is 3.39. The van der Waals surface area contributed by atoms with Crippen LogP contribution in [0.15, 0.2) is 48.7 Å². The molecule has 0 aliphatic heterocycles. The number of anilines is 1. The van der Waals surface area contributed by atoms with Gasteiger partial charge >= 0.3 is 0 Å². The minimum atomic E-state index is 0.502. The summed E-state index contributed by atoms with van der Waals surface area (Å²) in [7, 11) is 0. The number of nitriles is 1. The van der Waals surface area contributed by atoms with Crippen LogP contribution in [0.3, 0.4) is 0 Å². The summed E-state index contributed by atoms with van der Waals surface area (Å²) < 4.78 is 1.63. The van der Waals surface area contributed by atoms with Gasteiger partial charge in [0, 0.05) is 17.3 Å². The minimum absolute atomic E-state index is 0.502. The first kappa shape index (κ1) is 15.7. The first-order valence-electron chi connectivity index (χ1n) is 7.15. The highest BCUT2D eigenvalue weighted by atomic mass is 35.5. The summed E-state index contributed by atoms with van der Waals surface area (Å²) in [5, 5.41) is 24.4. The molecule has 0 atom stereocenters. The molecule has 1 heterocycles. The molecule has 0 aliphatic rings. The van der Waals surface area contributed by atoms with Crippen molar-refractivity contribution in [2.75, 3.05) is 5.32 Å². The highest BCUT2D eigenvalue weighted by Crippen LogP contribution is 2.20. The van der Waals surface area contributed by atoms with E-state index in [1.807, 2.05) is 31.2 Å². The molecule has 0 spiro atoms. The molecule has 1 N–H and O–H groups in total. The van der Waals surface area contributed by atoms with Crippen LogP contribution in [0.25, 0.3) is 11.8 Å². The number of hydrogen-bond acceptors (Lipinski definition) is 5. The topological polar surface area (TPSA) is 79.4 Å². The van der Waals surface area contributed by atoms with Crippen molar-refractivity contribution in [2.24, 2.45) is 0 Å². The molecule has 3 aromatic rings. The summed E-state index contributed by atoms with van der Waals surface area (Å²) in [4.78, 5) is 0. The molecular formula is C17H13ClN6. The first-order chi connectivity index (χ1) is 11.7. The predicted octanol–water partition coefficient (Wildman–Crippen LogP) is 3.58. The van der Waals surface area contributed by atoms with Crippen LogP contribution in [0, 0.1) is 18.3 Å². The maximum atomic E-state index is 9.11. The van der Waals surface area contributed by atoms with E-state index in [-0.39, 0.29) is 0 Å². The molecule has 6 nitrogen and oxygen atoms in total. The molecule has 0 radical (unpaired) electrons. The van der Waals surface area contributed by atoms with Gasteiger partial charge in [-0.1, -0.05) is 29.3 Å². The summed E-state index contributed by atoms with van der Waals surface area (Å²) in [5.74, 6) is 0.562. The van der Waals surface area contributed by atoms with Crippen molar-refractivity contribution in [2.45, 2.75) is 6.92 Å². The molecule has 0 aliphatic carbocycles. The van der Waals surface area contributed by atoms with Crippen molar-refractivity contribution >= 4 is 23.4 Å². The van der Waals surface area contributed by atoms with Gasteiger partial charge in [-0.15, -0.1) is 5.10 Å². The summed E-state index contributed by atoms with van der Waals surface area (Å²) in [5.41, 5.74) is 3.15. The van der Waals surface area contributed by atoms with Crippen molar-refractivity contribution in [1.29, 1.82) is 5.26 Å². The lowest BCUT2D eigenvalue weighted by Crippen LogP contribution is -2.00. The lowest BCUT2D eigenvalue weighted by atomic mass is 10.2. The van der Waals surface area contributed by atoms with E-state index in [0.29, 0.717) is 22.1 Å². The summed E-state index contributed by atoms with van der Waals surface area (Å²) >= 11 is 5.96. The van der Waals surface area contributed by atoms with E-state index in [4.69, 9.17) is 16.9 Å². The standard InChI is InChI=1S/C17H13ClN6/c1-12-2-6-15(7-3-12)24-17(21-22-23-24)8-9-20-16-10-14(18)5-4-13(16)11-19/h2-10,20H,1H3. The van der Waals surface area contributed by atoms with Gasteiger partial charge in [-0.2, -0.15) is 9.94 Å². The van der Waals surface area contributed by atoms with Gasteiger partial charge < -0.3 is 5.32 Å². The Morgan fingerprint density at radius 2 is 2.00 bits per heavy atom. The highest BCUT2D eigenvalue weighted by molar-refractivity contribution is 6.30. The molecule has 24 heavy (non-hydrogen) atoms. The second kappa shape index (κ2) is 6.94. The van der Waals surface area contributed by atoms with Gasteiger partial charge in [-0.05, 0) is 47.7 Å². The monoisotopic (exact) mass is 336 g/mol. The maximum absolute atomic E-state index is 9.11. The molecule has 118 valence electrons. The molecular weight excluding hydrogens is 324 g/mol. The lowest BCUT2D eigenvalue weighted by Gasteiger charge is -2.04. The zero-order valence-corrected chi connectivity index (χ0v) is 13.6. The lowest BCUT2D eigenvalue weighted by molar-refractivity contribution is 0.786. The first-order valence-corrected chi connectivity index (χ1v) is 7.53.